The van der Waals surface area contributed by atoms with Crippen LogP contribution < -0.4 is 4.74 Å². The highest BCUT2D eigenvalue weighted by atomic mass is 35.5. The molecular weight excluding hydrogens is 255 g/mol. The van der Waals surface area contributed by atoms with Gasteiger partial charge in [0.2, 0.25) is 0 Å². The van der Waals surface area contributed by atoms with Crippen molar-refractivity contribution in [2.24, 2.45) is 0 Å². The SMILES string of the molecule is Cc1ccc(C#N)cc1Oc1ncc(Cl)cc1F. The van der Waals surface area contributed by atoms with Gasteiger partial charge < -0.3 is 4.74 Å². The molecule has 1 aromatic carbocycles. The van der Waals surface area contributed by atoms with Gasteiger partial charge >= 0.3 is 0 Å². The van der Waals surface area contributed by atoms with Gasteiger partial charge in [-0.3, -0.25) is 0 Å². The highest BCUT2D eigenvalue weighted by Gasteiger charge is 2.09. The third-order valence-corrected chi connectivity index (χ3v) is 2.50. The number of rotatable bonds is 2. The highest BCUT2D eigenvalue weighted by Crippen LogP contribution is 2.27. The standard InChI is InChI=1S/C13H8ClFN2O/c1-8-2-3-9(6-16)4-12(8)18-13-11(15)5-10(14)7-17-13/h2-5,7H,1H3. The largest absolute Gasteiger partial charge is 0.436 e. The lowest BCUT2D eigenvalue weighted by molar-refractivity contribution is 0.420. The third kappa shape index (κ3) is 2.58. The van der Waals surface area contributed by atoms with E-state index in [-0.39, 0.29) is 10.9 Å². The first-order chi connectivity index (χ1) is 8.60. The second-order valence-corrected chi connectivity index (χ2v) is 4.07. The van der Waals surface area contributed by atoms with Gasteiger partial charge in [-0.15, -0.1) is 0 Å². The molecule has 1 heterocycles. The fourth-order valence-electron chi connectivity index (χ4n) is 1.36. The van der Waals surface area contributed by atoms with E-state index in [9.17, 15) is 4.39 Å². The van der Waals surface area contributed by atoms with E-state index in [1.54, 1.807) is 19.1 Å². The van der Waals surface area contributed by atoms with E-state index in [4.69, 9.17) is 21.6 Å². The predicted octanol–water partition coefficient (Wildman–Crippen LogP) is 3.85. The van der Waals surface area contributed by atoms with Gasteiger partial charge in [-0.05, 0) is 30.7 Å². The molecule has 0 radical (unpaired) electrons. The number of aryl methyl sites for hydroxylation is 1. The lowest BCUT2D eigenvalue weighted by atomic mass is 10.1. The Kier molecular flexibility index (Phi) is 3.45. The molecule has 0 fully saturated rings. The van der Waals surface area contributed by atoms with Crippen molar-refractivity contribution in [2.45, 2.75) is 6.92 Å². The Labute approximate surface area is 108 Å². The monoisotopic (exact) mass is 262 g/mol. The Bertz CT molecular complexity index is 637. The second kappa shape index (κ2) is 5.03. The Morgan fingerprint density at radius 2 is 2.17 bits per heavy atom. The van der Waals surface area contributed by atoms with E-state index in [1.165, 1.54) is 12.3 Å². The maximum atomic E-state index is 13.5. The van der Waals surface area contributed by atoms with Crippen molar-refractivity contribution < 1.29 is 9.13 Å². The summed E-state index contributed by atoms with van der Waals surface area (Å²) in [6, 6.07) is 8.02. The molecule has 0 aliphatic rings. The molecule has 0 spiro atoms. The van der Waals surface area contributed by atoms with E-state index in [0.29, 0.717) is 11.3 Å². The van der Waals surface area contributed by atoms with Gasteiger partial charge in [0.1, 0.15) is 5.75 Å². The van der Waals surface area contributed by atoms with Gasteiger partial charge in [0.15, 0.2) is 5.82 Å². The molecule has 5 heteroatoms. The van der Waals surface area contributed by atoms with Gasteiger partial charge in [0.05, 0.1) is 16.7 Å². The zero-order chi connectivity index (χ0) is 13.1. The summed E-state index contributed by atoms with van der Waals surface area (Å²) >= 11 is 5.60. The highest BCUT2D eigenvalue weighted by molar-refractivity contribution is 6.30. The smallest absolute Gasteiger partial charge is 0.255 e. The molecule has 90 valence electrons. The molecule has 1 aromatic heterocycles. The van der Waals surface area contributed by atoms with Gasteiger partial charge in [0.25, 0.3) is 5.88 Å². The maximum Gasteiger partial charge on any atom is 0.255 e. The fraction of sp³-hybridized carbons (Fsp3) is 0.0769. The summed E-state index contributed by atoms with van der Waals surface area (Å²) in [4.78, 5) is 3.76. The van der Waals surface area contributed by atoms with Crippen molar-refractivity contribution in [1.82, 2.24) is 4.98 Å². The van der Waals surface area contributed by atoms with Crippen LogP contribution in [0, 0.1) is 24.1 Å². The summed E-state index contributed by atoms with van der Waals surface area (Å²) in [7, 11) is 0. The van der Waals surface area contributed by atoms with Crippen molar-refractivity contribution in [3.63, 3.8) is 0 Å². The third-order valence-electron chi connectivity index (χ3n) is 2.30. The molecule has 2 rings (SSSR count). The van der Waals surface area contributed by atoms with E-state index in [0.717, 1.165) is 11.6 Å². The fourth-order valence-corrected chi connectivity index (χ4v) is 1.51. The number of ether oxygens (including phenoxy) is 1. The molecule has 3 nitrogen and oxygen atoms in total. The van der Waals surface area contributed by atoms with Crippen molar-refractivity contribution >= 4 is 11.6 Å². The topological polar surface area (TPSA) is 45.9 Å². The first-order valence-corrected chi connectivity index (χ1v) is 5.47. The summed E-state index contributed by atoms with van der Waals surface area (Å²) in [5.74, 6) is -0.426. The van der Waals surface area contributed by atoms with Crippen molar-refractivity contribution in [2.75, 3.05) is 0 Å². The summed E-state index contributed by atoms with van der Waals surface area (Å²) in [5, 5.41) is 8.99. The first kappa shape index (κ1) is 12.3. The first-order valence-electron chi connectivity index (χ1n) is 5.10. The Morgan fingerprint density at radius 3 is 2.83 bits per heavy atom. The van der Waals surface area contributed by atoms with Crippen LogP contribution in [0.4, 0.5) is 4.39 Å². The average molecular weight is 263 g/mol. The lowest BCUT2D eigenvalue weighted by Gasteiger charge is -2.08. The summed E-state index contributed by atoms with van der Waals surface area (Å²) in [5.41, 5.74) is 1.22. The van der Waals surface area contributed by atoms with E-state index in [2.05, 4.69) is 4.98 Å². The average Bonchev–Trinajstić information content (AvgIpc) is 2.35. The number of aromatic nitrogens is 1. The minimum absolute atomic E-state index is 0.169. The quantitative estimate of drug-likeness (QED) is 0.826. The van der Waals surface area contributed by atoms with Crippen LogP contribution in [-0.2, 0) is 0 Å². The van der Waals surface area contributed by atoms with Crippen LogP contribution in [0.5, 0.6) is 11.6 Å². The second-order valence-electron chi connectivity index (χ2n) is 3.63. The van der Waals surface area contributed by atoms with Crippen LogP contribution in [-0.4, -0.2) is 4.98 Å². The molecule has 0 atom stereocenters. The summed E-state index contributed by atoms with van der Waals surface area (Å²) in [6.07, 6.45) is 1.30. The van der Waals surface area contributed by atoms with Gasteiger partial charge in [-0.1, -0.05) is 17.7 Å². The van der Waals surface area contributed by atoms with E-state index in [1.807, 2.05) is 6.07 Å². The molecule has 18 heavy (non-hydrogen) atoms. The van der Waals surface area contributed by atoms with Gasteiger partial charge in [0, 0.05) is 6.20 Å². The van der Waals surface area contributed by atoms with Crippen LogP contribution >= 0.6 is 11.6 Å². The minimum Gasteiger partial charge on any atom is -0.436 e. The van der Waals surface area contributed by atoms with Gasteiger partial charge in [-0.2, -0.15) is 5.26 Å². The number of nitrogens with zero attached hydrogens (tertiary/aromatic N) is 2. The minimum atomic E-state index is -0.649. The molecule has 0 bridgehead atoms. The van der Waals surface area contributed by atoms with Gasteiger partial charge in [-0.25, -0.2) is 9.37 Å². The van der Waals surface area contributed by atoms with Crippen LogP contribution in [0.3, 0.4) is 0 Å². The van der Waals surface area contributed by atoms with E-state index >= 15 is 0 Å². The number of pyridine rings is 1. The number of nitriles is 1. The maximum absolute atomic E-state index is 13.5. The van der Waals surface area contributed by atoms with Crippen LogP contribution in [0.25, 0.3) is 0 Å². The predicted molar refractivity (Wildman–Crippen MR) is 65.2 cm³/mol. The number of halogens is 2. The van der Waals surface area contributed by atoms with Crippen molar-refractivity contribution in [1.29, 1.82) is 5.26 Å². The van der Waals surface area contributed by atoms with E-state index < -0.39 is 5.82 Å². The molecule has 2 aromatic rings. The Morgan fingerprint density at radius 1 is 1.39 bits per heavy atom. The lowest BCUT2D eigenvalue weighted by Crippen LogP contribution is -1.94. The normalized spacial score (nSPS) is 9.89. The molecular formula is C13H8ClFN2O. The molecule has 0 N–H and O–H groups in total. The molecule has 0 aliphatic carbocycles. The molecule has 0 unspecified atom stereocenters. The Hall–Kier alpha value is -2.12. The number of hydrogen-bond acceptors (Lipinski definition) is 3. The molecule has 0 amide bonds. The molecule has 0 aliphatic heterocycles. The number of hydrogen-bond donors (Lipinski definition) is 0. The molecule has 0 saturated carbocycles. The van der Waals surface area contributed by atoms with Crippen LogP contribution in [0.15, 0.2) is 30.5 Å². The zero-order valence-electron chi connectivity index (χ0n) is 9.45. The summed E-state index contributed by atoms with van der Waals surface area (Å²) < 4.78 is 18.9. The molecule has 0 saturated heterocycles. The zero-order valence-corrected chi connectivity index (χ0v) is 10.2. The Balaban J connectivity index is 2.37. The van der Waals surface area contributed by atoms with Crippen molar-refractivity contribution in [3.05, 3.63) is 52.4 Å². The summed E-state index contributed by atoms with van der Waals surface area (Å²) in [6.45, 7) is 1.80. The van der Waals surface area contributed by atoms with Crippen molar-refractivity contribution in [3.8, 4) is 17.7 Å². The van der Waals surface area contributed by atoms with Crippen LogP contribution in [0.2, 0.25) is 5.02 Å². The van der Waals surface area contributed by atoms with Crippen LogP contribution in [0.1, 0.15) is 11.1 Å². The number of benzene rings is 1.